The highest BCUT2D eigenvalue weighted by atomic mass is 16.5. The van der Waals surface area contributed by atoms with Crippen molar-refractivity contribution >= 4 is 5.91 Å². The van der Waals surface area contributed by atoms with Gasteiger partial charge in [0.25, 0.3) is 0 Å². The highest BCUT2D eigenvalue weighted by Crippen LogP contribution is 2.19. The second-order valence-corrected chi connectivity index (χ2v) is 4.06. The molecule has 1 fully saturated rings. The fraction of sp³-hybridized carbons (Fsp3) is 0.818. The van der Waals surface area contributed by atoms with Crippen molar-refractivity contribution < 1.29 is 9.53 Å². The van der Waals surface area contributed by atoms with Gasteiger partial charge in [0.05, 0.1) is 24.7 Å². The number of rotatable bonds is 4. The predicted molar refractivity (Wildman–Crippen MR) is 56.0 cm³/mol. The first-order chi connectivity index (χ1) is 7.17. The van der Waals surface area contributed by atoms with Gasteiger partial charge < -0.3 is 10.1 Å². The predicted octanol–water partition coefficient (Wildman–Crippen LogP) is 1.22. The maximum absolute atomic E-state index is 11.7. The molecule has 1 aliphatic rings. The standard InChI is InChI=1S/C11H18N2O2/c1-3-4-10(6-12)13-11(14)9-5-8(2)15-7-9/h8-10H,3-5,7H2,1-2H3,(H,13,14). The summed E-state index contributed by atoms with van der Waals surface area (Å²) in [6, 6.07) is 1.75. The van der Waals surface area contributed by atoms with E-state index in [1.807, 2.05) is 13.8 Å². The van der Waals surface area contributed by atoms with Gasteiger partial charge in [-0.1, -0.05) is 13.3 Å². The van der Waals surface area contributed by atoms with Crippen LogP contribution in [-0.2, 0) is 9.53 Å². The first-order valence-corrected chi connectivity index (χ1v) is 5.49. The largest absolute Gasteiger partial charge is 0.378 e. The Morgan fingerprint density at radius 3 is 2.93 bits per heavy atom. The molecule has 1 aliphatic heterocycles. The van der Waals surface area contributed by atoms with Crippen molar-refractivity contribution in [2.24, 2.45) is 5.92 Å². The van der Waals surface area contributed by atoms with Gasteiger partial charge in [-0.05, 0) is 19.8 Å². The van der Waals surface area contributed by atoms with E-state index in [0.29, 0.717) is 13.0 Å². The molecule has 1 N–H and O–H groups in total. The van der Waals surface area contributed by atoms with Crippen molar-refractivity contribution in [1.29, 1.82) is 5.26 Å². The summed E-state index contributed by atoms with van der Waals surface area (Å²) in [4.78, 5) is 11.7. The summed E-state index contributed by atoms with van der Waals surface area (Å²) in [6.45, 7) is 4.44. The zero-order valence-corrected chi connectivity index (χ0v) is 9.32. The molecule has 1 rings (SSSR count). The van der Waals surface area contributed by atoms with Crippen LogP contribution in [0.3, 0.4) is 0 Å². The monoisotopic (exact) mass is 210 g/mol. The molecule has 0 aliphatic carbocycles. The topological polar surface area (TPSA) is 62.1 Å². The summed E-state index contributed by atoms with van der Waals surface area (Å²) in [5.41, 5.74) is 0. The number of nitrogens with zero attached hydrogens (tertiary/aromatic N) is 1. The van der Waals surface area contributed by atoms with Crippen molar-refractivity contribution in [3.05, 3.63) is 0 Å². The fourth-order valence-electron chi connectivity index (χ4n) is 1.75. The summed E-state index contributed by atoms with van der Waals surface area (Å²) in [7, 11) is 0. The van der Waals surface area contributed by atoms with Gasteiger partial charge in [0.1, 0.15) is 6.04 Å². The molecule has 0 spiro atoms. The number of hydrogen-bond donors (Lipinski definition) is 1. The van der Waals surface area contributed by atoms with Gasteiger partial charge in [0.2, 0.25) is 5.91 Å². The molecule has 0 aromatic carbocycles. The minimum absolute atomic E-state index is 0.0423. The molecule has 0 saturated carbocycles. The molecule has 1 saturated heterocycles. The normalized spacial score (nSPS) is 27.0. The number of nitriles is 1. The molecule has 3 unspecified atom stereocenters. The Hall–Kier alpha value is -1.08. The molecule has 84 valence electrons. The van der Waals surface area contributed by atoms with E-state index in [9.17, 15) is 4.79 Å². The molecule has 1 amide bonds. The van der Waals surface area contributed by atoms with Crippen molar-refractivity contribution in [3.8, 4) is 6.07 Å². The maximum atomic E-state index is 11.7. The van der Waals surface area contributed by atoms with E-state index >= 15 is 0 Å². The fourth-order valence-corrected chi connectivity index (χ4v) is 1.75. The highest BCUT2D eigenvalue weighted by molar-refractivity contribution is 5.79. The van der Waals surface area contributed by atoms with Crippen LogP contribution in [0, 0.1) is 17.2 Å². The molecule has 0 aromatic rings. The summed E-state index contributed by atoms with van der Waals surface area (Å²) in [6.07, 6.45) is 2.53. The van der Waals surface area contributed by atoms with Crippen LogP contribution in [0.25, 0.3) is 0 Å². The van der Waals surface area contributed by atoms with E-state index < -0.39 is 0 Å². The van der Waals surface area contributed by atoms with E-state index in [4.69, 9.17) is 10.00 Å². The molecule has 4 nitrogen and oxygen atoms in total. The Labute approximate surface area is 90.6 Å². The SMILES string of the molecule is CCCC(C#N)NC(=O)C1COC(C)C1. The van der Waals surface area contributed by atoms with Crippen LogP contribution in [0.1, 0.15) is 33.1 Å². The van der Waals surface area contributed by atoms with Gasteiger partial charge in [0.15, 0.2) is 0 Å². The molecule has 15 heavy (non-hydrogen) atoms. The number of carbonyl (C=O) groups excluding carboxylic acids is 1. The second kappa shape index (κ2) is 5.72. The van der Waals surface area contributed by atoms with Gasteiger partial charge in [-0.25, -0.2) is 0 Å². The summed E-state index contributed by atoms with van der Waals surface area (Å²) < 4.78 is 5.32. The van der Waals surface area contributed by atoms with Crippen LogP contribution in [0.4, 0.5) is 0 Å². The number of nitrogens with one attached hydrogen (secondary N) is 1. The molecule has 3 atom stereocenters. The maximum Gasteiger partial charge on any atom is 0.226 e. The second-order valence-electron chi connectivity index (χ2n) is 4.06. The Bertz CT molecular complexity index is 260. The number of amides is 1. The van der Waals surface area contributed by atoms with Crippen LogP contribution in [0.2, 0.25) is 0 Å². The van der Waals surface area contributed by atoms with Crippen molar-refractivity contribution in [2.45, 2.75) is 45.3 Å². The van der Waals surface area contributed by atoms with Crippen LogP contribution in [-0.4, -0.2) is 24.7 Å². The average Bonchev–Trinajstić information content (AvgIpc) is 2.64. The third kappa shape index (κ3) is 3.52. The first kappa shape index (κ1) is 12.0. The lowest BCUT2D eigenvalue weighted by atomic mass is 10.0. The van der Waals surface area contributed by atoms with Crippen LogP contribution >= 0.6 is 0 Å². The smallest absolute Gasteiger partial charge is 0.226 e. The van der Waals surface area contributed by atoms with Crippen molar-refractivity contribution in [2.75, 3.05) is 6.61 Å². The van der Waals surface area contributed by atoms with Crippen LogP contribution < -0.4 is 5.32 Å². The van der Waals surface area contributed by atoms with Crippen molar-refractivity contribution in [3.63, 3.8) is 0 Å². The third-order valence-electron chi connectivity index (χ3n) is 2.62. The Balaban J connectivity index is 2.38. The van der Waals surface area contributed by atoms with Crippen molar-refractivity contribution in [1.82, 2.24) is 5.32 Å². The van der Waals surface area contributed by atoms with Gasteiger partial charge in [-0.3, -0.25) is 4.79 Å². The van der Waals surface area contributed by atoms with E-state index in [2.05, 4.69) is 11.4 Å². The lowest BCUT2D eigenvalue weighted by Gasteiger charge is -2.13. The van der Waals surface area contributed by atoms with Crippen LogP contribution in [0.15, 0.2) is 0 Å². The minimum Gasteiger partial charge on any atom is -0.378 e. The van der Waals surface area contributed by atoms with E-state index in [1.54, 1.807) is 0 Å². The zero-order chi connectivity index (χ0) is 11.3. The average molecular weight is 210 g/mol. The summed E-state index contributed by atoms with van der Waals surface area (Å²) in [5, 5.41) is 11.6. The molecule has 4 heteroatoms. The van der Waals surface area contributed by atoms with E-state index in [1.165, 1.54) is 0 Å². The van der Waals surface area contributed by atoms with Gasteiger partial charge in [-0.2, -0.15) is 5.26 Å². The molecular formula is C11H18N2O2. The lowest BCUT2D eigenvalue weighted by Crippen LogP contribution is -2.38. The Kier molecular flexibility index (Phi) is 4.57. The Morgan fingerprint density at radius 1 is 1.73 bits per heavy atom. The molecule has 0 aromatic heterocycles. The highest BCUT2D eigenvalue weighted by Gasteiger charge is 2.29. The first-order valence-electron chi connectivity index (χ1n) is 5.49. The zero-order valence-electron chi connectivity index (χ0n) is 9.32. The van der Waals surface area contributed by atoms with E-state index in [-0.39, 0.29) is 24.0 Å². The minimum atomic E-state index is -0.349. The van der Waals surface area contributed by atoms with E-state index in [0.717, 1.165) is 12.8 Å². The summed E-state index contributed by atoms with van der Waals surface area (Å²) >= 11 is 0. The van der Waals surface area contributed by atoms with Gasteiger partial charge in [-0.15, -0.1) is 0 Å². The quantitative estimate of drug-likeness (QED) is 0.758. The molecule has 0 radical (unpaired) electrons. The number of hydrogen-bond acceptors (Lipinski definition) is 3. The van der Waals surface area contributed by atoms with Gasteiger partial charge >= 0.3 is 0 Å². The number of carbonyl (C=O) groups is 1. The number of ether oxygens (including phenoxy) is 1. The third-order valence-corrected chi connectivity index (χ3v) is 2.62. The lowest BCUT2D eigenvalue weighted by molar-refractivity contribution is -0.125. The molecule has 1 heterocycles. The molecular weight excluding hydrogens is 192 g/mol. The van der Waals surface area contributed by atoms with Gasteiger partial charge in [0, 0.05) is 0 Å². The summed E-state index contributed by atoms with van der Waals surface area (Å²) in [5.74, 6) is -0.118. The Morgan fingerprint density at radius 2 is 2.47 bits per heavy atom. The van der Waals surface area contributed by atoms with Crippen LogP contribution in [0.5, 0.6) is 0 Å². The molecule has 0 bridgehead atoms.